The quantitative estimate of drug-likeness (QED) is 0.622. The maximum atomic E-state index is 12.0. The summed E-state index contributed by atoms with van der Waals surface area (Å²) >= 11 is 3.53. The van der Waals surface area contributed by atoms with Gasteiger partial charge in [0.2, 0.25) is 0 Å². The van der Waals surface area contributed by atoms with Crippen LogP contribution in [0, 0.1) is 0 Å². The van der Waals surface area contributed by atoms with Gasteiger partial charge in [-0.3, -0.25) is 0 Å². The minimum atomic E-state index is -0.957. The summed E-state index contributed by atoms with van der Waals surface area (Å²) in [6.07, 6.45) is 2.14. The minimum Gasteiger partial charge on any atom is -0.467 e. The molecule has 1 fully saturated rings. The SMILES string of the molecule is COC(=O)C1(NC(=O)OC(C)(C)C)CCC(Br)CC1. The van der Waals surface area contributed by atoms with Crippen LogP contribution < -0.4 is 5.32 Å². The van der Waals surface area contributed by atoms with Crippen LogP contribution in [0.5, 0.6) is 0 Å². The molecule has 1 N–H and O–H groups in total. The number of halogens is 1. The molecule has 0 aromatic heterocycles. The number of hydrogen-bond acceptors (Lipinski definition) is 4. The zero-order valence-corrected chi connectivity index (χ0v) is 13.5. The van der Waals surface area contributed by atoms with Crippen molar-refractivity contribution in [3.63, 3.8) is 0 Å². The molecule has 0 aliphatic heterocycles. The molecule has 0 heterocycles. The van der Waals surface area contributed by atoms with E-state index in [1.165, 1.54) is 7.11 Å². The third-order valence-electron chi connectivity index (χ3n) is 3.09. The van der Waals surface area contributed by atoms with Crippen molar-refractivity contribution in [2.75, 3.05) is 7.11 Å². The molecule has 1 saturated carbocycles. The van der Waals surface area contributed by atoms with E-state index in [-0.39, 0.29) is 0 Å². The van der Waals surface area contributed by atoms with Crippen LogP contribution in [-0.2, 0) is 14.3 Å². The van der Waals surface area contributed by atoms with Gasteiger partial charge in [0.15, 0.2) is 0 Å². The normalized spacial score (nSPS) is 27.5. The topological polar surface area (TPSA) is 64.6 Å². The van der Waals surface area contributed by atoms with E-state index in [2.05, 4.69) is 21.2 Å². The molecule has 0 aromatic rings. The van der Waals surface area contributed by atoms with Gasteiger partial charge in [-0.25, -0.2) is 9.59 Å². The predicted molar refractivity (Wildman–Crippen MR) is 75.3 cm³/mol. The number of ether oxygens (including phenoxy) is 2. The van der Waals surface area contributed by atoms with Crippen LogP contribution in [0.4, 0.5) is 4.79 Å². The Labute approximate surface area is 122 Å². The Kier molecular flexibility index (Phi) is 5.24. The monoisotopic (exact) mass is 335 g/mol. The summed E-state index contributed by atoms with van der Waals surface area (Å²) in [5, 5.41) is 2.70. The van der Waals surface area contributed by atoms with Gasteiger partial charge in [0.05, 0.1) is 7.11 Å². The van der Waals surface area contributed by atoms with Gasteiger partial charge in [-0.05, 0) is 46.5 Å². The van der Waals surface area contributed by atoms with E-state index in [0.717, 1.165) is 12.8 Å². The first-order chi connectivity index (χ1) is 8.68. The van der Waals surface area contributed by atoms with E-state index in [0.29, 0.717) is 17.7 Å². The van der Waals surface area contributed by atoms with Gasteiger partial charge >= 0.3 is 12.1 Å². The number of alkyl halides is 1. The Bertz CT molecular complexity index is 343. The average molecular weight is 336 g/mol. The third-order valence-corrected chi connectivity index (χ3v) is 4.00. The smallest absolute Gasteiger partial charge is 0.408 e. The van der Waals surface area contributed by atoms with Crippen molar-refractivity contribution in [3.8, 4) is 0 Å². The molecule has 110 valence electrons. The van der Waals surface area contributed by atoms with Crippen molar-refractivity contribution in [1.29, 1.82) is 0 Å². The Balaban J connectivity index is 2.76. The van der Waals surface area contributed by atoms with Gasteiger partial charge in [-0.1, -0.05) is 15.9 Å². The average Bonchev–Trinajstić information content (AvgIpc) is 2.29. The van der Waals surface area contributed by atoms with Gasteiger partial charge in [-0.2, -0.15) is 0 Å². The summed E-state index contributed by atoms with van der Waals surface area (Å²) < 4.78 is 10.1. The highest BCUT2D eigenvalue weighted by Gasteiger charge is 2.44. The van der Waals surface area contributed by atoms with Gasteiger partial charge in [0, 0.05) is 4.83 Å². The van der Waals surface area contributed by atoms with Crippen molar-refractivity contribution in [2.24, 2.45) is 0 Å². The number of alkyl carbamates (subject to hydrolysis) is 1. The first-order valence-electron chi connectivity index (χ1n) is 6.42. The zero-order valence-electron chi connectivity index (χ0n) is 11.9. The van der Waals surface area contributed by atoms with Crippen LogP contribution in [0.15, 0.2) is 0 Å². The first kappa shape index (κ1) is 16.3. The van der Waals surface area contributed by atoms with Crippen LogP contribution in [0.2, 0.25) is 0 Å². The number of methoxy groups -OCH3 is 1. The second-order valence-corrected chi connectivity index (χ2v) is 7.17. The maximum Gasteiger partial charge on any atom is 0.408 e. The molecule has 19 heavy (non-hydrogen) atoms. The summed E-state index contributed by atoms with van der Waals surface area (Å²) in [4.78, 5) is 24.3. The summed E-state index contributed by atoms with van der Waals surface area (Å²) in [6.45, 7) is 5.35. The largest absolute Gasteiger partial charge is 0.467 e. The molecule has 0 aromatic carbocycles. The number of nitrogens with one attached hydrogen (secondary N) is 1. The molecule has 0 spiro atoms. The fraction of sp³-hybridized carbons (Fsp3) is 0.846. The zero-order chi connectivity index (χ0) is 14.7. The number of carbonyl (C=O) groups excluding carboxylic acids is 2. The van der Waals surface area contributed by atoms with Crippen molar-refractivity contribution in [3.05, 3.63) is 0 Å². The predicted octanol–water partition coefficient (Wildman–Crippen LogP) is 2.76. The fourth-order valence-electron chi connectivity index (χ4n) is 2.15. The van der Waals surface area contributed by atoms with Crippen molar-refractivity contribution >= 4 is 28.0 Å². The lowest BCUT2D eigenvalue weighted by Crippen LogP contribution is -2.57. The molecule has 0 saturated heterocycles. The molecule has 1 aliphatic carbocycles. The standard InChI is InChI=1S/C13H22BrNO4/c1-12(2,3)19-11(17)15-13(10(16)18-4)7-5-9(14)6-8-13/h9H,5-8H2,1-4H3,(H,15,17). The molecule has 1 rings (SSSR count). The molecule has 0 bridgehead atoms. The highest BCUT2D eigenvalue weighted by molar-refractivity contribution is 9.09. The molecule has 6 heteroatoms. The summed E-state index contributed by atoms with van der Waals surface area (Å²) in [5.41, 5.74) is -1.55. The lowest BCUT2D eigenvalue weighted by molar-refractivity contribution is -0.150. The van der Waals surface area contributed by atoms with Gasteiger partial charge in [-0.15, -0.1) is 0 Å². The highest BCUT2D eigenvalue weighted by atomic mass is 79.9. The fourth-order valence-corrected chi connectivity index (χ4v) is 2.61. The molecule has 0 atom stereocenters. The lowest BCUT2D eigenvalue weighted by atomic mass is 9.81. The summed E-state index contributed by atoms with van der Waals surface area (Å²) in [7, 11) is 1.33. The second kappa shape index (κ2) is 6.11. The van der Waals surface area contributed by atoms with Gasteiger partial charge in [0.25, 0.3) is 0 Å². The van der Waals surface area contributed by atoms with Crippen molar-refractivity contribution in [2.45, 2.75) is 62.4 Å². The molecule has 1 amide bonds. The van der Waals surface area contributed by atoms with Gasteiger partial charge in [0.1, 0.15) is 11.1 Å². The minimum absolute atomic E-state index is 0.380. The number of carbonyl (C=O) groups is 2. The second-order valence-electron chi connectivity index (χ2n) is 5.88. The number of esters is 1. The Morgan fingerprint density at radius 3 is 2.21 bits per heavy atom. The van der Waals surface area contributed by atoms with E-state index in [4.69, 9.17) is 9.47 Å². The van der Waals surface area contributed by atoms with Crippen molar-refractivity contribution in [1.82, 2.24) is 5.32 Å². The van der Waals surface area contributed by atoms with Gasteiger partial charge < -0.3 is 14.8 Å². The molecule has 1 aliphatic rings. The van der Waals surface area contributed by atoms with Crippen LogP contribution in [0.1, 0.15) is 46.5 Å². The molecule has 5 nitrogen and oxygen atoms in total. The third kappa shape index (κ3) is 4.67. The van der Waals surface area contributed by atoms with Crippen LogP contribution >= 0.6 is 15.9 Å². The lowest BCUT2D eigenvalue weighted by Gasteiger charge is -2.37. The molecular formula is C13H22BrNO4. The van der Waals surface area contributed by atoms with E-state index in [1.807, 2.05) is 0 Å². The maximum absolute atomic E-state index is 12.0. The Hall–Kier alpha value is -0.780. The van der Waals surface area contributed by atoms with Crippen LogP contribution in [0.3, 0.4) is 0 Å². The van der Waals surface area contributed by atoms with E-state index in [9.17, 15) is 9.59 Å². The summed E-state index contributed by atoms with van der Waals surface area (Å²) in [5.74, 6) is -0.405. The molecule has 0 unspecified atom stereocenters. The van der Waals surface area contributed by atoms with E-state index >= 15 is 0 Å². The van der Waals surface area contributed by atoms with Crippen molar-refractivity contribution < 1.29 is 19.1 Å². The number of hydrogen-bond donors (Lipinski definition) is 1. The molecule has 0 radical (unpaired) electrons. The number of rotatable bonds is 2. The molecular weight excluding hydrogens is 314 g/mol. The first-order valence-corrected chi connectivity index (χ1v) is 7.34. The highest BCUT2D eigenvalue weighted by Crippen LogP contribution is 2.33. The number of amides is 1. The Morgan fingerprint density at radius 2 is 1.79 bits per heavy atom. The van der Waals surface area contributed by atoms with E-state index < -0.39 is 23.2 Å². The Morgan fingerprint density at radius 1 is 1.26 bits per heavy atom. The van der Waals surface area contributed by atoms with E-state index in [1.54, 1.807) is 20.8 Å². The van der Waals surface area contributed by atoms with Crippen LogP contribution in [0.25, 0.3) is 0 Å². The summed E-state index contributed by atoms with van der Waals surface area (Å²) in [6, 6.07) is 0. The van der Waals surface area contributed by atoms with Crippen LogP contribution in [-0.4, -0.2) is 35.1 Å².